The Hall–Kier alpha value is -0.200. The quantitative estimate of drug-likeness (QED) is 0.602. The van der Waals surface area contributed by atoms with Gasteiger partial charge in [0.15, 0.2) is 6.29 Å². The molecule has 1 aliphatic heterocycles. The molecule has 5 nitrogen and oxygen atoms in total. The van der Waals surface area contributed by atoms with Crippen LogP contribution < -0.4 is 5.32 Å². The van der Waals surface area contributed by atoms with Crippen molar-refractivity contribution in [3.8, 4) is 0 Å². The summed E-state index contributed by atoms with van der Waals surface area (Å²) >= 11 is 0. The van der Waals surface area contributed by atoms with Crippen LogP contribution in [0.25, 0.3) is 0 Å². The normalized spacial score (nSPS) is 31.4. The standard InChI is InChI=1S/C10H21NO4/c1-8-10(12,4-5-15-8)7-11-6-9(13-2)14-3/h8-9,11-12H,4-7H2,1-3H3. The predicted molar refractivity (Wildman–Crippen MR) is 55.7 cm³/mol. The van der Waals surface area contributed by atoms with Crippen LogP contribution in [0, 0.1) is 0 Å². The average molecular weight is 219 g/mol. The Kier molecular flexibility index (Phi) is 4.95. The lowest BCUT2D eigenvalue weighted by Crippen LogP contribution is -2.47. The number of methoxy groups -OCH3 is 2. The van der Waals surface area contributed by atoms with Gasteiger partial charge in [0.1, 0.15) is 5.60 Å². The van der Waals surface area contributed by atoms with Crippen molar-refractivity contribution < 1.29 is 19.3 Å². The molecule has 90 valence electrons. The third-order valence-electron chi connectivity index (χ3n) is 2.93. The summed E-state index contributed by atoms with van der Waals surface area (Å²) in [5.41, 5.74) is -0.758. The molecular formula is C10H21NO4. The molecule has 5 heteroatoms. The number of ether oxygens (including phenoxy) is 3. The molecular weight excluding hydrogens is 198 g/mol. The van der Waals surface area contributed by atoms with Crippen molar-refractivity contribution >= 4 is 0 Å². The van der Waals surface area contributed by atoms with Crippen molar-refractivity contribution in [1.29, 1.82) is 0 Å². The molecule has 0 spiro atoms. The highest BCUT2D eigenvalue weighted by Crippen LogP contribution is 2.24. The summed E-state index contributed by atoms with van der Waals surface area (Å²) in [7, 11) is 3.18. The molecule has 15 heavy (non-hydrogen) atoms. The monoisotopic (exact) mass is 219 g/mol. The Labute approximate surface area is 90.7 Å². The van der Waals surface area contributed by atoms with E-state index in [4.69, 9.17) is 14.2 Å². The van der Waals surface area contributed by atoms with Gasteiger partial charge < -0.3 is 24.6 Å². The maximum atomic E-state index is 10.1. The molecule has 1 aliphatic rings. The molecule has 2 N–H and O–H groups in total. The second kappa shape index (κ2) is 5.77. The van der Waals surface area contributed by atoms with Crippen molar-refractivity contribution in [1.82, 2.24) is 5.32 Å². The Morgan fingerprint density at radius 2 is 2.20 bits per heavy atom. The molecule has 1 rings (SSSR count). The van der Waals surface area contributed by atoms with Crippen LogP contribution in [0.5, 0.6) is 0 Å². The van der Waals surface area contributed by atoms with Crippen molar-refractivity contribution in [2.45, 2.75) is 31.3 Å². The van der Waals surface area contributed by atoms with E-state index in [0.717, 1.165) is 0 Å². The first-order valence-corrected chi connectivity index (χ1v) is 5.22. The van der Waals surface area contributed by atoms with E-state index in [1.165, 1.54) is 0 Å². The minimum Gasteiger partial charge on any atom is -0.386 e. The molecule has 0 bridgehead atoms. The van der Waals surface area contributed by atoms with Gasteiger partial charge >= 0.3 is 0 Å². The minimum absolute atomic E-state index is 0.117. The summed E-state index contributed by atoms with van der Waals surface area (Å²) in [6.07, 6.45) is 0.283. The number of nitrogens with one attached hydrogen (secondary N) is 1. The molecule has 0 radical (unpaired) electrons. The highest BCUT2D eigenvalue weighted by Gasteiger charge is 2.39. The first-order chi connectivity index (χ1) is 7.12. The first kappa shape index (κ1) is 12.9. The lowest BCUT2D eigenvalue weighted by Gasteiger charge is -2.27. The maximum Gasteiger partial charge on any atom is 0.169 e. The minimum atomic E-state index is -0.758. The summed E-state index contributed by atoms with van der Waals surface area (Å²) in [5, 5.41) is 13.3. The smallest absolute Gasteiger partial charge is 0.169 e. The predicted octanol–water partition coefficient (Wildman–Crippen LogP) is -0.265. The zero-order chi connectivity index (χ0) is 11.3. The summed E-state index contributed by atoms with van der Waals surface area (Å²) in [4.78, 5) is 0. The van der Waals surface area contributed by atoms with E-state index in [0.29, 0.717) is 26.1 Å². The van der Waals surface area contributed by atoms with E-state index in [1.54, 1.807) is 14.2 Å². The Balaban J connectivity index is 2.24. The Morgan fingerprint density at radius 1 is 1.53 bits per heavy atom. The molecule has 0 amide bonds. The van der Waals surface area contributed by atoms with Gasteiger partial charge in [-0.3, -0.25) is 0 Å². The van der Waals surface area contributed by atoms with Crippen LogP contribution in [0.3, 0.4) is 0 Å². The van der Waals surface area contributed by atoms with Crippen LogP contribution in [-0.4, -0.2) is 57.0 Å². The molecule has 1 fully saturated rings. The van der Waals surface area contributed by atoms with Crippen molar-refractivity contribution in [2.75, 3.05) is 33.9 Å². The molecule has 2 unspecified atom stereocenters. The summed E-state index contributed by atoms with van der Waals surface area (Å²) < 4.78 is 15.4. The van der Waals surface area contributed by atoms with Crippen LogP contribution in [0.1, 0.15) is 13.3 Å². The third-order valence-corrected chi connectivity index (χ3v) is 2.93. The summed E-state index contributed by atoms with van der Waals surface area (Å²) in [5.74, 6) is 0. The van der Waals surface area contributed by atoms with Crippen LogP contribution in [-0.2, 0) is 14.2 Å². The van der Waals surface area contributed by atoms with Gasteiger partial charge in [0.25, 0.3) is 0 Å². The van der Waals surface area contributed by atoms with Gasteiger partial charge in [0.2, 0.25) is 0 Å². The van der Waals surface area contributed by atoms with Gasteiger partial charge in [0, 0.05) is 40.3 Å². The van der Waals surface area contributed by atoms with E-state index in [-0.39, 0.29) is 12.4 Å². The van der Waals surface area contributed by atoms with Crippen LogP contribution in [0.15, 0.2) is 0 Å². The second-order valence-corrected chi connectivity index (χ2v) is 3.90. The lowest BCUT2D eigenvalue weighted by molar-refractivity contribution is -0.102. The first-order valence-electron chi connectivity index (χ1n) is 5.22. The highest BCUT2D eigenvalue weighted by molar-refractivity contribution is 4.91. The topological polar surface area (TPSA) is 60.0 Å². The van der Waals surface area contributed by atoms with E-state index in [1.807, 2.05) is 6.92 Å². The van der Waals surface area contributed by atoms with E-state index >= 15 is 0 Å². The zero-order valence-electron chi connectivity index (χ0n) is 9.66. The molecule has 0 aliphatic carbocycles. The SMILES string of the molecule is COC(CNCC1(O)CCOC1C)OC. The highest BCUT2D eigenvalue weighted by atomic mass is 16.7. The van der Waals surface area contributed by atoms with Gasteiger partial charge in [-0.15, -0.1) is 0 Å². The zero-order valence-corrected chi connectivity index (χ0v) is 9.66. The fourth-order valence-corrected chi connectivity index (χ4v) is 1.67. The molecule has 1 saturated heterocycles. The van der Waals surface area contributed by atoms with E-state index in [9.17, 15) is 5.11 Å². The van der Waals surface area contributed by atoms with Crippen molar-refractivity contribution in [3.05, 3.63) is 0 Å². The van der Waals surface area contributed by atoms with Crippen molar-refractivity contribution in [2.24, 2.45) is 0 Å². The second-order valence-electron chi connectivity index (χ2n) is 3.90. The van der Waals surface area contributed by atoms with Crippen LogP contribution in [0.4, 0.5) is 0 Å². The van der Waals surface area contributed by atoms with Gasteiger partial charge in [0.05, 0.1) is 6.10 Å². The van der Waals surface area contributed by atoms with Gasteiger partial charge in [-0.1, -0.05) is 0 Å². The molecule has 0 aromatic heterocycles. The Morgan fingerprint density at radius 3 is 2.67 bits per heavy atom. The van der Waals surface area contributed by atoms with Gasteiger partial charge in [-0.2, -0.15) is 0 Å². The van der Waals surface area contributed by atoms with Gasteiger partial charge in [-0.05, 0) is 6.92 Å². The largest absolute Gasteiger partial charge is 0.386 e. The lowest BCUT2D eigenvalue weighted by atomic mass is 9.97. The van der Waals surface area contributed by atoms with Crippen LogP contribution in [0.2, 0.25) is 0 Å². The molecule has 1 heterocycles. The van der Waals surface area contributed by atoms with E-state index in [2.05, 4.69) is 5.32 Å². The van der Waals surface area contributed by atoms with E-state index < -0.39 is 5.60 Å². The molecule has 0 aromatic rings. The number of hydrogen-bond donors (Lipinski definition) is 2. The van der Waals surface area contributed by atoms with Gasteiger partial charge in [-0.25, -0.2) is 0 Å². The fraction of sp³-hybridized carbons (Fsp3) is 1.00. The number of hydrogen-bond acceptors (Lipinski definition) is 5. The molecule has 0 aromatic carbocycles. The molecule has 0 saturated carbocycles. The number of rotatable bonds is 6. The number of aliphatic hydroxyl groups is 1. The average Bonchev–Trinajstić information content (AvgIpc) is 2.55. The summed E-state index contributed by atoms with van der Waals surface area (Å²) in [6, 6.07) is 0. The maximum absolute atomic E-state index is 10.1. The Bertz CT molecular complexity index is 186. The molecule has 2 atom stereocenters. The van der Waals surface area contributed by atoms with Crippen LogP contribution >= 0.6 is 0 Å². The fourth-order valence-electron chi connectivity index (χ4n) is 1.67. The third kappa shape index (κ3) is 3.39. The van der Waals surface area contributed by atoms with Crippen molar-refractivity contribution in [3.63, 3.8) is 0 Å². The summed E-state index contributed by atoms with van der Waals surface area (Å²) in [6.45, 7) is 3.57.